The Morgan fingerprint density at radius 1 is 1.28 bits per heavy atom. The average Bonchev–Trinajstić information content (AvgIpc) is 2.34. The van der Waals surface area contributed by atoms with Crippen molar-refractivity contribution in [1.82, 2.24) is 5.32 Å². The molecule has 0 heterocycles. The molecule has 0 aromatic heterocycles. The molecule has 4 heteroatoms. The van der Waals surface area contributed by atoms with Crippen LogP contribution >= 0.6 is 0 Å². The van der Waals surface area contributed by atoms with Gasteiger partial charge >= 0.3 is 5.97 Å². The molecule has 4 nitrogen and oxygen atoms in total. The third kappa shape index (κ3) is 5.84. The first kappa shape index (κ1) is 14.0. The van der Waals surface area contributed by atoms with E-state index < -0.39 is 5.97 Å². The van der Waals surface area contributed by atoms with Crippen LogP contribution in [0.15, 0.2) is 36.4 Å². The second-order valence-corrected chi connectivity index (χ2v) is 4.07. The highest BCUT2D eigenvalue weighted by Gasteiger charge is 2.05. The maximum absolute atomic E-state index is 11.3. The second-order valence-electron chi connectivity index (χ2n) is 4.07. The van der Waals surface area contributed by atoms with E-state index in [1.165, 1.54) is 6.08 Å². The van der Waals surface area contributed by atoms with Crippen molar-refractivity contribution >= 4 is 18.0 Å². The lowest BCUT2D eigenvalue weighted by Crippen LogP contribution is -2.33. The Morgan fingerprint density at radius 2 is 1.94 bits per heavy atom. The van der Waals surface area contributed by atoms with Crippen LogP contribution in [0, 0.1) is 0 Å². The molecule has 0 radical (unpaired) electrons. The van der Waals surface area contributed by atoms with Gasteiger partial charge in [0.05, 0.1) is 0 Å². The van der Waals surface area contributed by atoms with E-state index in [1.807, 2.05) is 44.2 Å². The van der Waals surface area contributed by atoms with Crippen LogP contribution in [-0.4, -0.2) is 24.5 Å². The van der Waals surface area contributed by atoms with Crippen molar-refractivity contribution in [3.8, 4) is 0 Å². The molecule has 18 heavy (non-hydrogen) atoms. The summed E-state index contributed by atoms with van der Waals surface area (Å²) in [5, 5.41) is 2.63. The smallest absolute Gasteiger partial charge is 0.331 e. The quantitative estimate of drug-likeness (QED) is 0.637. The number of ether oxygens (including phenoxy) is 1. The van der Waals surface area contributed by atoms with E-state index in [9.17, 15) is 9.59 Å². The molecular formula is C14H17NO3. The maximum Gasteiger partial charge on any atom is 0.331 e. The number of esters is 1. The van der Waals surface area contributed by atoms with Crippen LogP contribution in [-0.2, 0) is 14.3 Å². The van der Waals surface area contributed by atoms with E-state index in [-0.39, 0.29) is 18.6 Å². The van der Waals surface area contributed by atoms with Crippen molar-refractivity contribution in [1.29, 1.82) is 0 Å². The zero-order valence-corrected chi connectivity index (χ0v) is 10.6. The number of nitrogens with one attached hydrogen (secondary N) is 1. The molecule has 1 amide bonds. The van der Waals surface area contributed by atoms with Crippen LogP contribution in [0.1, 0.15) is 19.4 Å². The van der Waals surface area contributed by atoms with Gasteiger partial charge in [-0.1, -0.05) is 30.3 Å². The highest BCUT2D eigenvalue weighted by Crippen LogP contribution is 2.00. The van der Waals surface area contributed by atoms with Gasteiger partial charge in [-0.05, 0) is 25.5 Å². The summed E-state index contributed by atoms with van der Waals surface area (Å²) < 4.78 is 4.79. The lowest BCUT2D eigenvalue weighted by atomic mass is 10.2. The molecule has 0 atom stereocenters. The first-order valence-electron chi connectivity index (χ1n) is 5.77. The maximum atomic E-state index is 11.3. The standard InChI is InChI=1S/C14H17NO3/c1-11(2)15-13(16)10-18-14(17)9-8-12-6-4-3-5-7-12/h3-9,11H,10H2,1-2H3,(H,15,16)/b9-8+. The number of hydrogen-bond acceptors (Lipinski definition) is 3. The largest absolute Gasteiger partial charge is 0.452 e. The van der Waals surface area contributed by atoms with Crippen molar-refractivity contribution in [2.45, 2.75) is 19.9 Å². The van der Waals surface area contributed by atoms with Crippen LogP contribution in [0.25, 0.3) is 6.08 Å². The van der Waals surface area contributed by atoms with Crippen LogP contribution in [0.2, 0.25) is 0 Å². The fourth-order valence-electron chi connectivity index (χ4n) is 1.28. The molecule has 0 aliphatic rings. The zero-order valence-electron chi connectivity index (χ0n) is 10.6. The second kappa shape index (κ2) is 7.27. The fourth-order valence-corrected chi connectivity index (χ4v) is 1.28. The number of rotatable bonds is 5. The summed E-state index contributed by atoms with van der Waals surface area (Å²) in [5.41, 5.74) is 0.904. The Hall–Kier alpha value is -2.10. The van der Waals surface area contributed by atoms with Crippen LogP contribution in [0.4, 0.5) is 0 Å². The number of benzene rings is 1. The van der Waals surface area contributed by atoms with Gasteiger partial charge in [0.1, 0.15) is 0 Å². The van der Waals surface area contributed by atoms with Crippen molar-refractivity contribution in [2.75, 3.05) is 6.61 Å². The predicted molar refractivity (Wildman–Crippen MR) is 69.7 cm³/mol. The molecular weight excluding hydrogens is 230 g/mol. The molecule has 1 aromatic carbocycles. The van der Waals surface area contributed by atoms with Gasteiger partial charge in [0.15, 0.2) is 6.61 Å². The highest BCUT2D eigenvalue weighted by atomic mass is 16.5. The van der Waals surface area contributed by atoms with Crippen LogP contribution in [0.5, 0.6) is 0 Å². The van der Waals surface area contributed by atoms with Gasteiger partial charge in [-0.25, -0.2) is 4.79 Å². The van der Waals surface area contributed by atoms with Crippen molar-refractivity contribution < 1.29 is 14.3 Å². The Morgan fingerprint density at radius 3 is 2.56 bits per heavy atom. The Balaban J connectivity index is 2.34. The minimum absolute atomic E-state index is 0.0380. The van der Waals surface area contributed by atoms with Gasteiger partial charge in [-0.2, -0.15) is 0 Å². The Bertz CT molecular complexity index is 424. The molecule has 0 unspecified atom stereocenters. The lowest BCUT2D eigenvalue weighted by Gasteiger charge is -2.07. The summed E-state index contributed by atoms with van der Waals surface area (Å²) in [6, 6.07) is 9.43. The predicted octanol–water partition coefficient (Wildman–Crippen LogP) is 1.77. The molecule has 0 spiro atoms. The summed E-state index contributed by atoms with van der Waals surface area (Å²) in [6.07, 6.45) is 2.95. The summed E-state index contributed by atoms with van der Waals surface area (Å²) in [7, 11) is 0. The molecule has 1 aromatic rings. The molecule has 1 N–H and O–H groups in total. The van der Waals surface area contributed by atoms with Gasteiger partial charge in [-0.15, -0.1) is 0 Å². The molecule has 0 saturated heterocycles. The summed E-state index contributed by atoms with van der Waals surface area (Å²) in [5.74, 6) is -0.829. The molecule has 0 saturated carbocycles. The van der Waals surface area contributed by atoms with Gasteiger partial charge in [0.2, 0.25) is 0 Å². The Labute approximate surface area is 107 Å². The third-order valence-corrected chi connectivity index (χ3v) is 2.01. The van der Waals surface area contributed by atoms with Gasteiger partial charge in [-0.3, -0.25) is 4.79 Å². The van der Waals surface area contributed by atoms with E-state index in [2.05, 4.69) is 5.32 Å². The third-order valence-electron chi connectivity index (χ3n) is 2.01. The van der Waals surface area contributed by atoms with E-state index in [1.54, 1.807) is 6.08 Å². The van der Waals surface area contributed by atoms with Gasteiger partial charge in [0.25, 0.3) is 5.91 Å². The number of carbonyl (C=O) groups is 2. The topological polar surface area (TPSA) is 55.4 Å². The minimum Gasteiger partial charge on any atom is -0.452 e. The molecule has 0 aliphatic heterocycles. The summed E-state index contributed by atoms with van der Waals surface area (Å²) in [6.45, 7) is 3.43. The Kier molecular flexibility index (Phi) is 5.64. The first-order valence-corrected chi connectivity index (χ1v) is 5.77. The monoisotopic (exact) mass is 247 g/mol. The van der Waals surface area contributed by atoms with Crippen molar-refractivity contribution in [3.63, 3.8) is 0 Å². The molecule has 96 valence electrons. The molecule has 1 rings (SSSR count). The molecule has 0 aliphatic carbocycles. The lowest BCUT2D eigenvalue weighted by molar-refractivity contribution is -0.143. The van der Waals surface area contributed by atoms with E-state index in [4.69, 9.17) is 4.74 Å². The first-order chi connectivity index (χ1) is 8.58. The van der Waals surface area contributed by atoms with Gasteiger partial charge < -0.3 is 10.1 Å². The average molecular weight is 247 g/mol. The highest BCUT2D eigenvalue weighted by molar-refractivity contribution is 5.89. The number of hydrogen-bond donors (Lipinski definition) is 1. The normalized spacial score (nSPS) is 10.6. The number of amides is 1. The van der Waals surface area contributed by atoms with Crippen LogP contribution < -0.4 is 5.32 Å². The van der Waals surface area contributed by atoms with E-state index >= 15 is 0 Å². The van der Waals surface area contributed by atoms with E-state index in [0.29, 0.717) is 0 Å². The summed E-state index contributed by atoms with van der Waals surface area (Å²) in [4.78, 5) is 22.5. The molecule has 0 bridgehead atoms. The van der Waals surface area contributed by atoms with E-state index in [0.717, 1.165) is 5.56 Å². The fraction of sp³-hybridized carbons (Fsp3) is 0.286. The SMILES string of the molecule is CC(C)NC(=O)COC(=O)/C=C/c1ccccc1. The van der Waals surface area contributed by atoms with Crippen LogP contribution in [0.3, 0.4) is 0 Å². The number of carbonyl (C=O) groups excluding carboxylic acids is 2. The van der Waals surface area contributed by atoms with Crippen molar-refractivity contribution in [3.05, 3.63) is 42.0 Å². The van der Waals surface area contributed by atoms with Crippen molar-refractivity contribution in [2.24, 2.45) is 0 Å². The minimum atomic E-state index is -0.530. The molecule has 0 fully saturated rings. The van der Waals surface area contributed by atoms with Gasteiger partial charge in [0, 0.05) is 12.1 Å². The zero-order chi connectivity index (χ0) is 13.4. The summed E-state index contributed by atoms with van der Waals surface area (Å²) >= 11 is 0.